The Morgan fingerprint density at radius 2 is 1.22 bits per heavy atom. The highest BCUT2D eigenvalue weighted by atomic mass is 16.4. The van der Waals surface area contributed by atoms with Crippen molar-refractivity contribution in [2.45, 2.75) is 0 Å². The van der Waals surface area contributed by atoms with Gasteiger partial charge in [-0.05, 0) is 62.6 Å². The number of aromatic carboxylic acids is 3. The molecule has 0 aliphatic rings. The van der Waals surface area contributed by atoms with Crippen LogP contribution in [0.25, 0.3) is 32.3 Å². The highest BCUT2D eigenvalue weighted by molar-refractivity contribution is 6.21. The van der Waals surface area contributed by atoms with Crippen LogP contribution in [0, 0.1) is 0 Å². The molecule has 6 heteroatoms. The third kappa shape index (κ3) is 2.55. The number of fused-ring (bicyclic) bond motifs is 3. The van der Waals surface area contributed by atoms with Crippen LogP contribution in [0.3, 0.4) is 0 Å². The van der Waals surface area contributed by atoms with E-state index in [2.05, 4.69) is 0 Å². The lowest BCUT2D eigenvalue weighted by Gasteiger charge is -2.12. The Bertz CT molecular complexity index is 1300. The lowest BCUT2D eigenvalue weighted by atomic mass is 9.91. The summed E-state index contributed by atoms with van der Waals surface area (Å²) in [7, 11) is 0. The van der Waals surface area contributed by atoms with E-state index >= 15 is 0 Å². The minimum Gasteiger partial charge on any atom is -0.478 e. The second-order valence-corrected chi connectivity index (χ2v) is 6.21. The predicted molar refractivity (Wildman–Crippen MR) is 99.8 cm³/mol. The summed E-state index contributed by atoms with van der Waals surface area (Å²) in [4.78, 5) is 35.1. The number of rotatable bonds is 3. The first-order valence-corrected chi connectivity index (χ1v) is 8.00. The second-order valence-electron chi connectivity index (χ2n) is 6.21. The monoisotopic (exact) mass is 360 g/mol. The summed E-state index contributed by atoms with van der Waals surface area (Å²) in [5.41, 5.74) is -0.635. The molecule has 0 amide bonds. The van der Waals surface area contributed by atoms with Crippen LogP contribution < -0.4 is 0 Å². The van der Waals surface area contributed by atoms with Gasteiger partial charge in [0.1, 0.15) is 0 Å². The van der Waals surface area contributed by atoms with Gasteiger partial charge in [-0.2, -0.15) is 0 Å². The van der Waals surface area contributed by atoms with E-state index in [1.54, 1.807) is 18.2 Å². The average Bonchev–Trinajstić information content (AvgIpc) is 2.62. The average molecular weight is 360 g/mol. The third-order valence-electron chi connectivity index (χ3n) is 4.63. The van der Waals surface area contributed by atoms with E-state index in [9.17, 15) is 29.7 Å². The first-order chi connectivity index (χ1) is 12.9. The normalized spacial score (nSPS) is 11.1. The summed E-state index contributed by atoms with van der Waals surface area (Å²) in [6.07, 6.45) is 0. The molecule has 0 aliphatic carbocycles. The fourth-order valence-corrected chi connectivity index (χ4v) is 3.44. The molecule has 4 rings (SSSR count). The summed E-state index contributed by atoms with van der Waals surface area (Å²) in [5, 5.41) is 31.6. The van der Waals surface area contributed by atoms with E-state index in [0.29, 0.717) is 10.8 Å². The van der Waals surface area contributed by atoms with Gasteiger partial charge < -0.3 is 15.3 Å². The molecular formula is C21H12O6. The molecule has 0 spiro atoms. The van der Waals surface area contributed by atoms with Crippen molar-refractivity contribution < 1.29 is 29.7 Å². The molecule has 6 nitrogen and oxygen atoms in total. The summed E-state index contributed by atoms with van der Waals surface area (Å²) in [6, 6.07) is 14.8. The Labute approximate surface area is 151 Å². The Balaban J connectivity index is 2.28. The Morgan fingerprint density at radius 3 is 1.81 bits per heavy atom. The highest BCUT2D eigenvalue weighted by Gasteiger charge is 2.21. The van der Waals surface area contributed by atoms with E-state index < -0.39 is 17.9 Å². The Morgan fingerprint density at radius 1 is 0.593 bits per heavy atom. The zero-order valence-electron chi connectivity index (χ0n) is 13.8. The second kappa shape index (κ2) is 5.81. The predicted octanol–water partition coefficient (Wildman–Crippen LogP) is 4.24. The summed E-state index contributed by atoms with van der Waals surface area (Å²) >= 11 is 0. The zero-order valence-corrected chi connectivity index (χ0v) is 13.8. The molecule has 27 heavy (non-hydrogen) atoms. The molecule has 4 aromatic carbocycles. The molecular weight excluding hydrogens is 348 g/mol. The van der Waals surface area contributed by atoms with E-state index in [4.69, 9.17) is 0 Å². The van der Waals surface area contributed by atoms with E-state index in [0.717, 1.165) is 16.8 Å². The number of carboxylic acids is 3. The Kier molecular flexibility index (Phi) is 3.56. The summed E-state index contributed by atoms with van der Waals surface area (Å²) < 4.78 is 0. The quantitative estimate of drug-likeness (QED) is 0.471. The van der Waals surface area contributed by atoms with Gasteiger partial charge in [0.25, 0.3) is 0 Å². The molecule has 0 heterocycles. The molecule has 0 bridgehead atoms. The van der Waals surface area contributed by atoms with Gasteiger partial charge in [0.2, 0.25) is 0 Å². The van der Waals surface area contributed by atoms with Crippen molar-refractivity contribution in [3.05, 3.63) is 71.3 Å². The van der Waals surface area contributed by atoms with Crippen molar-refractivity contribution in [2.24, 2.45) is 0 Å². The lowest BCUT2D eigenvalue weighted by Crippen LogP contribution is -2.07. The SMILES string of the molecule is O=C(O)c1cc(C(=O)O)c2cc3cc4ccccc4cc3c(C(=O)O)c2c1. The maximum absolute atomic E-state index is 12.0. The van der Waals surface area contributed by atoms with Crippen molar-refractivity contribution in [3.8, 4) is 0 Å². The van der Waals surface area contributed by atoms with Gasteiger partial charge in [-0.15, -0.1) is 0 Å². The van der Waals surface area contributed by atoms with Gasteiger partial charge in [-0.3, -0.25) is 0 Å². The number of hydrogen-bond donors (Lipinski definition) is 3. The Hall–Kier alpha value is -3.93. The first-order valence-electron chi connectivity index (χ1n) is 8.00. The van der Waals surface area contributed by atoms with Crippen LogP contribution in [0.5, 0.6) is 0 Å². The molecule has 132 valence electrons. The molecule has 0 fully saturated rings. The van der Waals surface area contributed by atoms with Crippen molar-refractivity contribution >= 4 is 50.2 Å². The van der Waals surface area contributed by atoms with E-state index in [-0.39, 0.29) is 27.5 Å². The van der Waals surface area contributed by atoms with Crippen molar-refractivity contribution in [1.29, 1.82) is 0 Å². The summed E-state index contributed by atoms with van der Waals surface area (Å²) in [6.45, 7) is 0. The van der Waals surface area contributed by atoms with Crippen LogP contribution in [0.1, 0.15) is 31.1 Å². The molecule has 0 aromatic heterocycles. The topological polar surface area (TPSA) is 112 Å². The fourth-order valence-electron chi connectivity index (χ4n) is 3.44. The maximum Gasteiger partial charge on any atom is 0.336 e. The van der Waals surface area contributed by atoms with Crippen LogP contribution >= 0.6 is 0 Å². The van der Waals surface area contributed by atoms with Gasteiger partial charge in [-0.1, -0.05) is 24.3 Å². The van der Waals surface area contributed by atoms with E-state index in [1.807, 2.05) is 24.3 Å². The molecule has 0 aliphatic heterocycles. The molecule has 0 saturated carbocycles. The fraction of sp³-hybridized carbons (Fsp3) is 0. The van der Waals surface area contributed by atoms with Gasteiger partial charge in [0, 0.05) is 0 Å². The minimum atomic E-state index is -1.32. The lowest BCUT2D eigenvalue weighted by molar-refractivity contribution is 0.0682. The van der Waals surface area contributed by atoms with Crippen LogP contribution in [0.2, 0.25) is 0 Å². The first kappa shape index (κ1) is 16.5. The van der Waals surface area contributed by atoms with Crippen LogP contribution in [0.15, 0.2) is 54.6 Å². The molecule has 4 aromatic rings. The largest absolute Gasteiger partial charge is 0.478 e. The molecule has 0 saturated heterocycles. The molecule has 3 N–H and O–H groups in total. The minimum absolute atomic E-state index is 0.0857. The van der Waals surface area contributed by atoms with Gasteiger partial charge >= 0.3 is 17.9 Å². The smallest absolute Gasteiger partial charge is 0.336 e. The van der Waals surface area contributed by atoms with Crippen molar-refractivity contribution in [3.63, 3.8) is 0 Å². The highest BCUT2D eigenvalue weighted by Crippen LogP contribution is 2.34. The van der Waals surface area contributed by atoms with Crippen molar-refractivity contribution in [2.75, 3.05) is 0 Å². The van der Waals surface area contributed by atoms with Crippen LogP contribution in [-0.4, -0.2) is 33.2 Å². The standard InChI is InChI=1S/C21H12O6/c22-19(23)13-8-16-15(17(9-13)20(24)25)7-12-5-10-3-1-2-4-11(10)6-14(12)18(16)21(26)27/h1-9H,(H,22,23)(H,24,25)(H,26,27). The maximum atomic E-state index is 12.0. The van der Waals surface area contributed by atoms with Crippen LogP contribution in [0.4, 0.5) is 0 Å². The number of hydrogen-bond acceptors (Lipinski definition) is 3. The summed E-state index contributed by atoms with van der Waals surface area (Å²) in [5.74, 6) is -3.89. The van der Waals surface area contributed by atoms with Crippen LogP contribution in [-0.2, 0) is 0 Å². The molecule has 0 unspecified atom stereocenters. The number of benzene rings is 4. The van der Waals surface area contributed by atoms with Gasteiger partial charge in [0.05, 0.1) is 16.7 Å². The van der Waals surface area contributed by atoms with Crippen molar-refractivity contribution in [1.82, 2.24) is 0 Å². The van der Waals surface area contributed by atoms with E-state index in [1.165, 1.54) is 6.07 Å². The third-order valence-corrected chi connectivity index (χ3v) is 4.63. The van der Waals surface area contributed by atoms with Gasteiger partial charge in [-0.25, -0.2) is 14.4 Å². The number of carboxylic acid groups (broad SMARTS) is 3. The van der Waals surface area contributed by atoms with Gasteiger partial charge in [0.15, 0.2) is 0 Å². The molecule has 0 atom stereocenters. The zero-order chi connectivity index (χ0) is 19.3. The number of carbonyl (C=O) groups is 3. The molecule has 0 radical (unpaired) electrons.